The van der Waals surface area contributed by atoms with E-state index in [1.807, 2.05) is 0 Å². The first-order valence-electron chi connectivity index (χ1n) is 1.59. The first-order valence-corrected chi connectivity index (χ1v) is 1.59. The smallest absolute Gasteiger partial charge is 0.441 e. The molecule has 0 N–H and O–H groups in total. The number of hydrogen-bond acceptors (Lipinski definition) is 2. The fourth-order valence-corrected chi connectivity index (χ4v) is 0.113. The third-order valence-electron chi connectivity index (χ3n) is 0.258. The molecule has 0 aliphatic carbocycles. The van der Waals surface area contributed by atoms with Gasteiger partial charge in [-0.1, -0.05) is 0 Å². The number of carbonyl (C=O) groups is 1. The Balaban J connectivity index is 2.83. The molecule has 0 aromatic rings. The summed E-state index contributed by atoms with van der Waals surface area (Å²) in [5, 5.41) is 0. The van der Waals surface area contributed by atoms with Crippen LogP contribution < -0.4 is 0 Å². The van der Waals surface area contributed by atoms with Crippen LogP contribution in [0, 0.1) is 0 Å². The Hall–Kier alpha value is -0.600. The molecule has 0 aromatic carbocycles. The minimum absolute atomic E-state index is 0.106. The SMILES string of the molecule is CCOC(=O)F. The third kappa shape index (κ3) is 3.40. The van der Waals surface area contributed by atoms with Crippen molar-refractivity contribution in [2.24, 2.45) is 0 Å². The molecular weight excluding hydrogens is 87.0 g/mol. The Kier molecular flexibility index (Phi) is 2.36. The van der Waals surface area contributed by atoms with E-state index in [0.29, 0.717) is 0 Å². The number of carbonyl (C=O) groups excluding carboxylic acids is 1. The Labute approximate surface area is 34.9 Å². The van der Waals surface area contributed by atoms with Crippen molar-refractivity contribution in [2.45, 2.75) is 6.92 Å². The molecule has 36 valence electrons. The summed E-state index contributed by atoms with van der Waals surface area (Å²) in [6, 6.07) is 0. The fraction of sp³-hybridized carbons (Fsp3) is 0.667. The van der Waals surface area contributed by atoms with E-state index >= 15 is 0 Å². The van der Waals surface area contributed by atoms with Gasteiger partial charge >= 0.3 is 6.22 Å². The Morgan fingerprint density at radius 3 is 2.50 bits per heavy atom. The first-order chi connectivity index (χ1) is 2.77. The van der Waals surface area contributed by atoms with Gasteiger partial charge in [-0.2, -0.15) is 0 Å². The molecule has 0 heterocycles. The Morgan fingerprint density at radius 1 is 2.00 bits per heavy atom. The van der Waals surface area contributed by atoms with Gasteiger partial charge in [0.2, 0.25) is 0 Å². The van der Waals surface area contributed by atoms with Gasteiger partial charge in [0.05, 0.1) is 6.61 Å². The molecule has 0 radical (unpaired) electrons. The normalized spacial score (nSPS) is 7.67. The van der Waals surface area contributed by atoms with Crippen LogP contribution in [0.3, 0.4) is 0 Å². The van der Waals surface area contributed by atoms with Crippen LogP contribution in [0.4, 0.5) is 9.18 Å². The van der Waals surface area contributed by atoms with Gasteiger partial charge in [0.15, 0.2) is 0 Å². The van der Waals surface area contributed by atoms with Crippen molar-refractivity contribution in [3.05, 3.63) is 0 Å². The summed E-state index contributed by atoms with van der Waals surface area (Å²) in [4.78, 5) is 9.15. The second-order valence-corrected chi connectivity index (χ2v) is 0.671. The van der Waals surface area contributed by atoms with E-state index in [0.717, 1.165) is 0 Å². The second kappa shape index (κ2) is 2.63. The summed E-state index contributed by atoms with van der Waals surface area (Å²) in [6.45, 7) is 1.65. The number of rotatable bonds is 1. The van der Waals surface area contributed by atoms with E-state index in [1.54, 1.807) is 0 Å². The lowest BCUT2D eigenvalue weighted by molar-refractivity contribution is 0.126. The lowest BCUT2D eigenvalue weighted by Crippen LogP contribution is -1.90. The van der Waals surface area contributed by atoms with Gasteiger partial charge in [-0.25, -0.2) is 4.79 Å². The molecule has 2 nitrogen and oxygen atoms in total. The molecule has 0 bridgehead atoms. The van der Waals surface area contributed by atoms with E-state index < -0.39 is 6.22 Å². The first kappa shape index (κ1) is 5.40. The lowest BCUT2D eigenvalue weighted by Gasteiger charge is -1.85. The topological polar surface area (TPSA) is 26.3 Å². The van der Waals surface area contributed by atoms with Crippen LogP contribution in [0.1, 0.15) is 6.92 Å². The van der Waals surface area contributed by atoms with Crippen LogP contribution in [-0.4, -0.2) is 12.8 Å². The molecule has 0 amide bonds. The van der Waals surface area contributed by atoms with Crippen LogP contribution in [-0.2, 0) is 4.74 Å². The van der Waals surface area contributed by atoms with E-state index in [9.17, 15) is 4.39 Å². The van der Waals surface area contributed by atoms with E-state index in [2.05, 4.69) is 4.74 Å². The zero-order valence-corrected chi connectivity index (χ0v) is 3.40. The van der Waals surface area contributed by atoms with Gasteiger partial charge in [0.1, 0.15) is 0 Å². The monoisotopic (exact) mass is 92.0 g/mol. The van der Waals surface area contributed by atoms with Crippen LogP contribution in [0.2, 0.25) is 0 Å². The molecule has 0 unspecified atom stereocenters. The van der Waals surface area contributed by atoms with Crippen molar-refractivity contribution in [1.29, 1.82) is 0 Å². The quantitative estimate of drug-likeness (QED) is 0.453. The average Bonchev–Trinajstić information content (AvgIpc) is 1.35. The second-order valence-electron chi connectivity index (χ2n) is 0.671. The molecule has 0 aromatic heterocycles. The van der Waals surface area contributed by atoms with Crippen LogP contribution in [0.25, 0.3) is 0 Å². The molecular formula is C3H5FO2. The molecule has 0 saturated carbocycles. The molecule has 0 saturated heterocycles. The molecule has 0 aliphatic rings. The summed E-state index contributed by atoms with van der Waals surface area (Å²) < 4.78 is 14.6. The molecule has 6 heavy (non-hydrogen) atoms. The highest BCUT2D eigenvalue weighted by Crippen LogP contribution is 1.77. The van der Waals surface area contributed by atoms with Crippen LogP contribution >= 0.6 is 0 Å². The minimum atomic E-state index is -1.71. The maximum Gasteiger partial charge on any atom is 0.495 e. The molecule has 0 aliphatic heterocycles. The van der Waals surface area contributed by atoms with Gasteiger partial charge in [0.25, 0.3) is 0 Å². The summed E-state index contributed by atoms with van der Waals surface area (Å²) >= 11 is 0. The predicted molar refractivity (Wildman–Crippen MR) is 18.1 cm³/mol. The van der Waals surface area contributed by atoms with Crippen molar-refractivity contribution in [2.75, 3.05) is 6.61 Å². The third-order valence-corrected chi connectivity index (χ3v) is 0.258. The van der Waals surface area contributed by atoms with E-state index in [-0.39, 0.29) is 6.61 Å². The Morgan fingerprint density at radius 2 is 2.50 bits per heavy atom. The molecule has 0 rings (SSSR count). The van der Waals surface area contributed by atoms with E-state index in [4.69, 9.17) is 4.79 Å². The zero-order valence-electron chi connectivity index (χ0n) is 3.40. The van der Waals surface area contributed by atoms with Crippen molar-refractivity contribution < 1.29 is 13.9 Å². The molecule has 0 fully saturated rings. The van der Waals surface area contributed by atoms with Crippen molar-refractivity contribution >= 4 is 6.22 Å². The van der Waals surface area contributed by atoms with Gasteiger partial charge in [0, 0.05) is 0 Å². The maximum absolute atomic E-state index is 10.8. The van der Waals surface area contributed by atoms with Crippen molar-refractivity contribution in [3.63, 3.8) is 0 Å². The maximum atomic E-state index is 10.8. The highest BCUT2D eigenvalue weighted by molar-refractivity contribution is 5.57. The highest BCUT2D eigenvalue weighted by atomic mass is 19.1. The average molecular weight is 92.1 g/mol. The molecule has 3 heteroatoms. The number of halogens is 1. The summed E-state index contributed by atoms with van der Waals surface area (Å²) in [5.41, 5.74) is 0. The van der Waals surface area contributed by atoms with Crippen LogP contribution in [0.5, 0.6) is 0 Å². The van der Waals surface area contributed by atoms with E-state index in [1.165, 1.54) is 6.92 Å². The van der Waals surface area contributed by atoms with Gasteiger partial charge < -0.3 is 4.74 Å². The lowest BCUT2D eigenvalue weighted by atomic mass is 10.9. The summed E-state index contributed by atoms with van der Waals surface area (Å²) in [5.74, 6) is 0. The van der Waals surface area contributed by atoms with Crippen molar-refractivity contribution in [1.82, 2.24) is 0 Å². The van der Waals surface area contributed by atoms with Gasteiger partial charge in [-0.05, 0) is 6.92 Å². The molecule has 0 spiro atoms. The predicted octanol–water partition coefficient (Wildman–Crippen LogP) is 1.11. The highest BCUT2D eigenvalue weighted by Gasteiger charge is 1.89. The van der Waals surface area contributed by atoms with Gasteiger partial charge in [-0.15, -0.1) is 4.39 Å². The number of ether oxygens (including phenoxy) is 1. The largest absolute Gasteiger partial charge is 0.495 e. The zero-order chi connectivity index (χ0) is 4.99. The van der Waals surface area contributed by atoms with Gasteiger partial charge in [-0.3, -0.25) is 0 Å². The fourth-order valence-electron chi connectivity index (χ4n) is 0.113. The minimum Gasteiger partial charge on any atom is -0.441 e. The summed E-state index contributed by atoms with van der Waals surface area (Å²) in [6.07, 6.45) is -1.71. The standard InChI is InChI=1S/C3H5FO2/c1-2-6-3(4)5/h2H2,1H3. The van der Waals surface area contributed by atoms with Crippen LogP contribution in [0.15, 0.2) is 0 Å². The molecule has 0 atom stereocenters. The number of hydrogen-bond donors (Lipinski definition) is 0. The Bertz CT molecular complexity index is 52.8. The van der Waals surface area contributed by atoms with Crippen molar-refractivity contribution in [3.8, 4) is 0 Å². The summed E-state index contributed by atoms with van der Waals surface area (Å²) in [7, 11) is 0.